The van der Waals surface area contributed by atoms with Crippen molar-refractivity contribution in [3.63, 3.8) is 0 Å². The number of nitrogens with one attached hydrogen (secondary N) is 1. The third-order valence-electron chi connectivity index (χ3n) is 5.51. The molecule has 1 N–H and O–H groups in total. The summed E-state index contributed by atoms with van der Waals surface area (Å²) in [7, 11) is 0. The Balaban J connectivity index is 0.00000272. The highest BCUT2D eigenvalue weighted by Crippen LogP contribution is 2.25. The van der Waals surface area contributed by atoms with Gasteiger partial charge < -0.3 is 10.1 Å². The molecule has 31 heavy (non-hydrogen) atoms. The smallest absolute Gasteiger partial charge is 0.261 e. The molecule has 2 aromatic rings. The molecule has 1 fully saturated rings. The van der Waals surface area contributed by atoms with Crippen LogP contribution in [0.4, 0.5) is 0 Å². The molecule has 2 heterocycles. The molecule has 0 bridgehead atoms. The molecule has 164 valence electrons. The van der Waals surface area contributed by atoms with E-state index in [0.717, 1.165) is 30.8 Å². The second-order valence-electron chi connectivity index (χ2n) is 7.65. The molecule has 3 amide bonds. The molecule has 0 aliphatic carbocycles. The Hall–Kier alpha value is -2.74. The summed E-state index contributed by atoms with van der Waals surface area (Å²) in [5, 5.41) is 2.89. The topological polar surface area (TPSA) is 79.0 Å². The Morgan fingerprint density at radius 2 is 1.68 bits per heavy atom. The molecule has 1 saturated heterocycles. The van der Waals surface area contributed by atoms with Crippen molar-refractivity contribution >= 4 is 30.1 Å². The van der Waals surface area contributed by atoms with Crippen LogP contribution in [0.15, 0.2) is 42.5 Å². The number of hydrogen-bond acceptors (Lipinski definition) is 5. The number of rotatable bonds is 6. The molecule has 2 aliphatic heterocycles. The zero-order valence-corrected chi connectivity index (χ0v) is 18.2. The van der Waals surface area contributed by atoms with E-state index >= 15 is 0 Å². The van der Waals surface area contributed by atoms with Gasteiger partial charge in [0.2, 0.25) is 0 Å². The van der Waals surface area contributed by atoms with Crippen LogP contribution in [-0.4, -0.2) is 66.9 Å². The summed E-state index contributed by atoms with van der Waals surface area (Å²) in [4.78, 5) is 41.5. The molecular formula is C23H26ClN3O4. The zero-order chi connectivity index (χ0) is 21.1. The molecule has 0 radical (unpaired) electrons. The van der Waals surface area contributed by atoms with Gasteiger partial charge in [0.25, 0.3) is 17.7 Å². The van der Waals surface area contributed by atoms with E-state index in [4.69, 9.17) is 4.74 Å². The van der Waals surface area contributed by atoms with Crippen LogP contribution in [0.3, 0.4) is 0 Å². The van der Waals surface area contributed by atoms with Gasteiger partial charge in [-0.15, -0.1) is 12.4 Å². The summed E-state index contributed by atoms with van der Waals surface area (Å²) in [5.74, 6) is -0.934. The highest BCUT2D eigenvalue weighted by molar-refractivity contribution is 6.22. The fourth-order valence-corrected chi connectivity index (χ4v) is 3.71. The number of fused-ring (bicyclic) bond motifs is 1. The van der Waals surface area contributed by atoms with Gasteiger partial charge in [-0.25, -0.2) is 0 Å². The van der Waals surface area contributed by atoms with Gasteiger partial charge in [0.05, 0.1) is 30.9 Å². The van der Waals surface area contributed by atoms with E-state index in [9.17, 15) is 14.4 Å². The number of amides is 3. The van der Waals surface area contributed by atoms with E-state index in [0.29, 0.717) is 30.9 Å². The van der Waals surface area contributed by atoms with Crippen LogP contribution in [0, 0.1) is 6.92 Å². The normalized spacial score (nSPS) is 16.1. The van der Waals surface area contributed by atoms with Gasteiger partial charge in [-0.05, 0) is 30.7 Å². The molecule has 2 aliphatic rings. The van der Waals surface area contributed by atoms with Crippen LogP contribution in [0.1, 0.15) is 42.2 Å². The molecule has 0 atom stereocenters. The Kier molecular flexibility index (Phi) is 7.43. The maximum Gasteiger partial charge on any atom is 0.261 e. The van der Waals surface area contributed by atoms with E-state index in [1.165, 1.54) is 11.0 Å². The van der Waals surface area contributed by atoms with E-state index in [1.807, 2.05) is 31.2 Å². The van der Waals surface area contributed by atoms with Gasteiger partial charge in [0, 0.05) is 31.7 Å². The predicted octanol–water partition coefficient (Wildman–Crippen LogP) is 2.28. The molecule has 0 unspecified atom stereocenters. The number of benzene rings is 2. The monoisotopic (exact) mass is 443 g/mol. The fraction of sp³-hybridized carbons (Fsp3) is 0.348. The van der Waals surface area contributed by atoms with Gasteiger partial charge in [-0.2, -0.15) is 0 Å². The SMILES string of the molecule is Cc1ccc(CN2C(=O)c3ccc(C(=O)NCCN4CCOCC4)cc3C2=O)cc1.Cl. The maximum absolute atomic E-state index is 12.8. The lowest BCUT2D eigenvalue weighted by atomic mass is 10.1. The van der Waals surface area contributed by atoms with E-state index in [2.05, 4.69) is 10.2 Å². The fourth-order valence-electron chi connectivity index (χ4n) is 3.71. The highest BCUT2D eigenvalue weighted by atomic mass is 35.5. The summed E-state index contributed by atoms with van der Waals surface area (Å²) in [6.07, 6.45) is 0. The van der Waals surface area contributed by atoms with Crippen molar-refractivity contribution in [3.05, 3.63) is 70.3 Å². The minimum absolute atomic E-state index is 0. The molecule has 0 spiro atoms. The number of carbonyl (C=O) groups is 3. The van der Waals surface area contributed by atoms with Crippen molar-refractivity contribution < 1.29 is 19.1 Å². The molecule has 0 aromatic heterocycles. The van der Waals surface area contributed by atoms with E-state index in [-0.39, 0.29) is 42.2 Å². The van der Waals surface area contributed by atoms with Crippen molar-refractivity contribution in [2.24, 2.45) is 0 Å². The highest BCUT2D eigenvalue weighted by Gasteiger charge is 2.36. The van der Waals surface area contributed by atoms with Crippen molar-refractivity contribution in [2.45, 2.75) is 13.5 Å². The molecule has 0 saturated carbocycles. The Bertz CT molecular complexity index is 971. The van der Waals surface area contributed by atoms with Crippen LogP contribution < -0.4 is 5.32 Å². The molecule has 7 nitrogen and oxygen atoms in total. The van der Waals surface area contributed by atoms with Crippen LogP contribution in [0.2, 0.25) is 0 Å². The van der Waals surface area contributed by atoms with Crippen molar-refractivity contribution in [2.75, 3.05) is 39.4 Å². The second kappa shape index (κ2) is 10.0. The van der Waals surface area contributed by atoms with Gasteiger partial charge in [-0.1, -0.05) is 29.8 Å². The largest absolute Gasteiger partial charge is 0.379 e. The van der Waals surface area contributed by atoms with Crippen LogP contribution in [0.25, 0.3) is 0 Å². The summed E-state index contributed by atoms with van der Waals surface area (Å²) in [6.45, 7) is 6.63. The van der Waals surface area contributed by atoms with Gasteiger partial charge in [-0.3, -0.25) is 24.2 Å². The summed E-state index contributed by atoms with van der Waals surface area (Å²) in [6, 6.07) is 12.4. The first-order valence-corrected chi connectivity index (χ1v) is 10.2. The van der Waals surface area contributed by atoms with Crippen molar-refractivity contribution in [1.82, 2.24) is 15.1 Å². The number of aryl methyl sites for hydroxylation is 1. The number of hydrogen-bond donors (Lipinski definition) is 1. The molecule has 8 heteroatoms. The number of imide groups is 1. The number of ether oxygens (including phenoxy) is 1. The van der Waals surface area contributed by atoms with Crippen LogP contribution in [-0.2, 0) is 11.3 Å². The Morgan fingerprint density at radius 1 is 1.00 bits per heavy atom. The number of halogens is 1. The van der Waals surface area contributed by atoms with Crippen molar-refractivity contribution in [1.29, 1.82) is 0 Å². The second-order valence-corrected chi connectivity index (χ2v) is 7.65. The molecular weight excluding hydrogens is 418 g/mol. The Morgan fingerprint density at radius 3 is 2.39 bits per heavy atom. The average Bonchev–Trinajstić information content (AvgIpc) is 3.00. The lowest BCUT2D eigenvalue weighted by Gasteiger charge is -2.26. The zero-order valence-electron chi connectivity index (χ0n) is 17.4. The predicted molar refractivity (Wildman–Crippen MR) is 119 cm³/mol. The van der Waals surface area contributed by atoms with E-state index in [1.54, 1.807) is 12.1 Å². The lowest BCUT2D eigenvalue weighted by molar-refractivity contribution is 0.0383. The van der Waals surface area contributed by atoms with Gasteiger partial charge in [0.15, 0.2) is 0 Å². The van der Waals surface area contributed by atoms with Crippen LogP contribution in [0.5, 0.6) is 0 Å². The van der Waals surface area contributed by atoms with Gasteiger partial charge in [0.1, 0.15) is 0 Å². The van der Waals surface area contributed by atoms with E-state index < -0.39 is 0 Å². The quantitative estimate of drug-likeness (QED) is 0.693. The number of carbonyl (C=O) groups excluding carboxylic acids is 3. The first-order chi connectivity index (χ1) is 14.5. The lowest BCUT2D eigenvalue weighted by Crippen LogP contribution is -2.41. The first-order valence-electron chi connectivity index (χ1n) is 10.2. The molecule has 2 aromatic carbocycles. The third-order valence-corrected chi connectivity index (χ3v) is 5.51. The standard InChI is InChI=1S/C23H25N3O4.ClH/c1-16-2-4-17(5-3-16)15-26-22(28)19-7-6-18(14-20(19)23(26)29)21(27)24-8-9-25-10-12-30-13-11-25;/h2-7,14H,8-13,15H2,1H3,(H,24,27);1H. The van der Waals surface area contributed by atoms with Crippen LogP contribution >= 0.6 is 12.4 Å². The third kappa shape index (κ3) is 5.12. The minimum atomic E-state index is -0.362. The van der Waals surface area contributed by atoms with Gasteiger partial charge >= 0.3 is 0 Å². The van der Waals surface area contributed by atoms with Crippen molar-refractivity contribution in [3.8, 4) is 0 Å². The maximum atomic E-state index is 12.8. The average molecular weight is 444 g/mol. The number of nitrogens with zero attached hydrogens (tertiary/aromatic N) is 2. The Labute approximate surface area is 187 Å². The number of morpholine rings is 1. The first kappa shape index (κ1) is 22.9. The summed E-state index contributed by atoms with van der Waals surface area (Å²) < 4.78 is 5.32. The summed E-state index contributed by atoms with van der Waals surface area (Å²) >= 11 is 0. The summed E-state index contributed by atoms with van der Waals surface area (Å²) in [5.41, 5.74) is 3.01. The molecule has 4 rings (SSSR count). The minimum Gasteiger partial charge on any atom is -0.379 e.